The van der Waals surface area contributed by atoms with E-state index in [2.05, 4.69) is 11.5 Å². The minimum absolute atomic E-state index is 0.126. The van der Waals surface area contributed by atoms with Gasteiger partial charge in [0.1, 0.15) is 5.54 Å². The summed E-state index contributed by atoms with van der Waals surface area (Å²) in [6, 6.07) is 0. The second-order valence-electron chi connectivity index (χ2n) is 5.93. The van der Waals surface area contributed by atoms with Gasteiger partial charge in [0.15, 0.2) is 0 Å². The maximum absolute atomic E-state index is 12.1. The molecule has 0 N–H and O–H groups in total. The number of hydrogen-bond donors (Lipinski definition) is 0. The second kappa shape index (κ2) is 4.35. The van der Waals surface area contributed by atoms with Crippen molar-refractivity contribution in [2.75, 3.05) is 26.8 Å². The fourth-order valence-electron chi connectivity index (χ4n) is 3.27. The highest BCUT2D eigenvalue weighted by molar-refractivity contribution is 5.82. The quantitative estimate of drug-likeness (QED) is 0.558. The van der Waals surface area contributed by atoms with Crippen LogP contribution in [-0.2, 0) is 14.3 Å². The lowest BCUT2D eigenvalue weighted by molar-refractivity contribution is -0.151. The topological polar surface area (TPSA) is 38.8 Å². The van der Waals surface area contributed by atoms with E-state index in [-0.39, 0.29) is 12.1 Å². The summed E-state index contributed by atoms with van der Waals surface area (Å²) >= 11 is 0. The molecule has 1 saturated carbocycles. The van der Waals surface area contributed by atoms with Gasteiger partial charge < -0.3 is 9.47 Å². The first-order valence-corrected chi connectivity index (χ1v) is 6.76. The maximum Gasteiger partial charge on any atom is 0.326 e. The van der Waals surface area contributed by atoms with E-state index in [1.54, 1.807) is 0 Å². The summed E-state index contributed by atoms with van der Waals surface area (Å²) in [4.78, 5) is 14.3. The number of methoxy groups -OCH3 is 1. The molecular weight excluding hydrogens is 230 g/mol. The lowest BCUT2D eigenvalue weighted by atomic mass is 9.92. The molecule has 1 aliphatic carbocycles. The Labute approximate surface area is 108 Å². The van der Waals surface area contributed by atoms with E-state index in [1.165, 1.54) is 20.0 Å². The summed E-state index contributed by atoms with van der Waals surface area (Å²) in [5.41, 5.74) is 0.640. The van der Waals surface area contributed by atoms with Crippen LogP contribution in [0, 0.1) is 5.92 Å². The van der Waals surface area contributed by atoms with Crippen LogP contribution in [-0.4, -0.2) is 49.3 Å². The summed E-state index contributed by atoms with van der Waals surface area (Å²) in [5, 5.41) is 0. The van der Waals surface area contributed by atoms with Gasteiger partial charge in [0, 0.05) is 26.1 Å². The highest BCUT2D eigenvalue weighted by Crippen LogP contribution is 2.43. The van der Waals surface area contributed by atoms with Crippen molar-refractivity contribution in [3.8, 4) is 0 Å². The molecule has 3 aliphatic rings. The van der Waals surface area contributed by atoms with Crippen LogP contribution in [0.15, 0.2) is 12.2 Å². The zero-order chi connectivity index (χ0) is 12.8. The monoisotopic (exact) mass is 251 g/mol. The highest BCUT2D eigenvalue weighted by atomic mass is 16.5. The van der Waals surface area contributed by atoms with Crippen molar-refractivity contribution in [2.45, 2.75) is 37.3 Å². The van der Waals surface area contributed by atoms with E-state index >= 15 is 0 Å². The second-order valence-corrected chi connectivity index (χ2v) is 5.93. The molecule has 2 atom stereocenters. The fraction of sp³-hybridized carbons (Fsp3) is 0.786. The van der Waals surface area contributed by atoms with Gasteiger partial charge in [-0.25, -0.2) is 0 Å². The number of esters is 1. The van der Waals surface area contributed by atoms with Gasteiger partial charge in [0.2, 0.25) is 0 Å². The van der Waals surface area contributed by atoms with Crippen LogP contribution in [0.3, 0.4) is 0 Å². The van der Waals surface area contributed by atoms with Gasteiger partial charge in [-0.1, -0.05) is 12.2 Å². The molecule has 3 rings (SSSR count). The zero-order valence-electron chi connectivity index (χ0n) is 11.0. The van der Waals surface area contributed by atoms with E-state index in [9.17, 15) is 4.79 Å². The van der Waals surface area contributed by atoms with E-state index in [0.717, 1.165) is 44.0 Å². The van der Waals surface area contributed by atoms with Crippen LogP contribution in [0.2, 0.25) is 0 Å². The van der Waals surface area contributed by atoms with Crippen molar-refractivity contribution < 1.29 is 14.3 Å². The molecule has 0 radical (unpaired) electrons. The van der Waals surface area contributed by atoms with Crippen LogP contribution in [0.1, 0.15) is 25.7 Å². The number of rotatable bonds is 4. The molecule has 0 bridgehead atoms. The molecule has 0 unspecified atom stereocenters. The summed E-state index contributed by atoms with van der Waals surface area (Å²) in [7, 11) is 1.47. The largest absolute Gasteiger partial charge is 0.468 e. The fourth-order valence-corrected chi connectivity index (χ4v) is 3.27. The summed E-state index contributed by atoms with van der Waals surface area (Å²) in [6.07, 6.45) is 4.26. The Morgan fingerprint density at radius 1 is 1.56 bits per heavy atom. The van der Waals surface area contributed by atoms with Crippen molar-refractivity contribution in [1.29, 1.82) is 0 Å². The molecular formula is C14H21NO3. The molecule has 2 aliphatic heterocycles. The molecule has 2 heterocycles. The molecule has 0 spiro atoms. The van der Waals surface area contributed by atoms with Gasteiger partial charge in [0.25, 0.3) is 0 Å². The van der Waals surface area contributed by atoms with Crippen molar-refractivity contribution >= 4 is 5.97 Å². The number of hydrogen-bond acceptors (Lipinski definition) is 4. The highest BCUT2D eigenvalue weighted by Gasteiger charge is 2.56. The van der Waals surface area contributed by atoms with Gasteiger partial charge >= 0.3 is 5.97 Å². The molecule has 4 heteroatoms. The Morgan fingerprint density at radius 3 is 3.00 bits per heavy atom. The third-order valence-corrected chi connectivity index (χ3v) is 4.38. The van der Waals surface area contributed by atoms with Gasteiger partial charge in [-0.15, -0.1) is 0 Å². The molecule has 0 amide bonds. The van der Waals surface area contributed by atoms with Crippen molar-refractivity contribution in [1.82, 2.24) is 4.90 Å². The lowest BCUT2D eigenvalue weighted by Crippen LogP contribution is -2.46. The molecule has 18 heavy (non-hydrogen) atoms. The maximum atomic E-state index is 12.1. The minimum Gasteiger partial charge on any atom is -0.468 e. The number of fused-ring (bicyclic) bond motifs is 1. The summed E-state index contributed by atoms with van der Waals surface area (Å²) in [5.74, 6) is 0.642. The molecule has 4 nitrogen and oxygen atoms in total. The predicted octanol–water partition coefficient (Wildman–Crippen LogP) is 1.36. The van der Waals surface area contributed by atoms with Crippen LogP contribution in [0.4, 0.5) is 0 Å². The average Bonchev–Trinajstić information content (AvgIpc) is 3.03. The average molecular weight is 251 g/mol. The molecule has 0 aromatic heterocycles. The number of nitrogens with zero attached hydrogens (tertiary/aromatic N) is 1. The minimum atomic E-state index is -0.486. The molecule has 0 aromatic rings. The zero-order valence-corrected chi connectivity index (χ0v) is 11.0. The SMILES string of the molecule is C=C1CN2C[C@H](OCC3CC3)C[C@@]2(C(=O)OC)C1. The van der Waals surface area contributed by atoms with Gasteiger partial charge in [-0.3, -0.25) is 9.69 Å². The van der Waals surface area contributed by atoms with E-state index in [1.807, 2.05) is 0 Å². The Balaban J connectivity index is 1.68. The van der Waals surface area contributed by atoms with E-state index in [0.29, 0.717) is 0 Å². The smallest absolute Gasteiger partial charge is 0.326 e. The van der Waals surface area contributed by atoms with Crippen LogP contribution >= 0.6 is 0 Å². The van der Waals surface area contributed by atoms with Gasteiger partial charge in [-0.05, 0) is 25.2 Å². The molecule has 0 aromatic carbocycles. The molecule has 100 valence electrons. The summed E-state index contributed by atoms with van der Waals surface area (Å²) < 4.78 is 10.9. The first kappa shape index (κ1) is 12.2. The van der Waals surface area contributed by atoms with Crippen LogP contribution < -0.4 is 0 Å². The Kier molecular flexibility index (Phi) is 2.94. The van der Waals surface area contributed by atoms with Gasteiger partial charge in [0.05, 0.1) is 13.2 Å². The lowest BCUT2D eigenvalue weighted by Gasteiger charge is -2.27. The molecule has 3 fully saturated rings. The number of carbonyl (C=O) groups excluding carboxylic acids is 1. The van der Waals surface area contributed by atoms with Crippen LogP contribution in [0.5, 0.6) is 0 Å². The van der Waals surface area contributed by atoms with Crippen molar-refractivity contribution in [2.24, 2.45) is 5.92 Å². The van der Waals surface area contributed by atoms with E-state index in [4.69, 9.17) is 9.47 Å². The van der Waals surface area contributed by atoms with Crippen molar-refractivity contribution in [3.63, 3.8) is 0 Å². The predicted molar refractivity (Wildman–Crippen MR) is 67.2 cm³/mol. The Bertz CT molecular complexity index is 377. The standard InChI is InChI=1S/C14H21NO3/c1-10-5-14(13(16)17-2)6-12(8-15(14)7-10)18-9-11-3-4-11/h11-12H,1,3-9H2,2H3/t12-,14-/m1/s1. The number of carbonyl (C=O) groups is 1. The van der Waals surface area contributed by atoms with Crippen LogP contribution in [0.25, 0.3) is 0 Å². The first-order chi connectivity index (χ1) is 8.64. The molecule has 2 saturated heterocycles. The van der Waals surface area contributed by atoms with Crippen molar-refractivity contribution in [3.05, 3.63) is 12.2 Å². The Morgan fingerprint density at radius 2 is 2.33 bits per heavy atom. The van der Waals surface area contributed by atoms with Gasteiger partial charge in [-0.2, -0.15) is 0 Å². The Hall–Kier alpha value is -0.870. The third-order valence-electron chi connectivity index (χ3n) is 4.38. The van der Waals surface area contributed by atoms with E-state index < -0.39 is 5.54 Å². The third kappa shape index (κ3) is 1.97. The summed E-state index contributed by atoms with van der Waals surface area (Å²) in [6.45, 7) is 6.51. The normalized spacial score (nSPS) is 35.8. The first-order valence-electron chi connectivity index (χ1n) is 6.76. The number of ether oxygens (including phenoxy) is 2.